The summed E-state index contributed by atoms with van der Waals surface area (Å²) in [6.07, 6.45) is 2.96. The molecule has 0 aliphatic heterocycles. The lowest BCUT2D eigenvalue weighted by Crippen LogP contribution is -1.96. The van der Waals surface area contributed by atoms with E-state index in [1.165, 1.54) is 13.0 Å². The van der Waals surface area contributed by atoms with E-state index in [0.29, 0.717) is 0 Å². The van der Waals surface area contributed by atoms with Crippen molar-refractivity contribution in [2.24, 2.45) is 0 Å². The molecule has 0 radical (unpaired) electrons. The minimum Gasteiger partial charge on any atom is -0.206 e. The normalized spacial score (nSPS) is 11.2. The van der Waals surface area contributed by atoms with E-state index in [0.717, 1.165) is 6.07 Å². The van der Waals surface area contributed by atoms with E-state index in [1.807, 2.05) is 0 Å². The summed E-state index contributed by atoms with van der Waals surface area (Å²) in [5, 5.41) is 0. The predicted octanol–water partition coefficient (Wildman–Crippen LogP) is 3.45. The van der Waals surface area contributed by atoms with Gasteiger partial charge in [-0.2, -0.15) is 0 Å². The molecule has 0 heterocycles. The third-order valence-corrected chi connectivity index (χ3v) is 1.75. The zero-order valence-corrected chi connectivity index (χ0v) is 7.37. The van der Waals surface area contributed by atoms with Gasteiger partial charge in [0.15, 0.2) is 11.6 Å². The zero-order valence-electron chi connectivity index (χ0n) is 7.37. The number of rotatable bonds is 1. The maximum absolute atomic E-state index is 13.2. The summed E-state index contributed by atoms with van der Waals surface area (Å²) >= 11 is 0. The molecule has 1 rings (SSSR count). The van der Waals surface area contributed by atoms with Gasteiger partial charge in [-0.05, 0) is 19.9 Å². The van der Waals surface area contributed by atoms with Crippen molar-refractivity contribution in [3.8, 4) is 0 Å². The van der Waals surface area contributed by atoms with Crippen LogP contribution in [-0.2, 0) is 0 Å². The van der Waals surface area contributed by atoms with E-state index < -0.39 is 17.5 Å². The molecular formula is C10H9F3. The van der Waals surface area contributed by atoms with Crippen molar-refractivity contribution in [1.82, 2.24) is 0 Å². The van der Waals surface area contributed by atoms with Crippen LogP contribution in [0.2, 0.25) is 0 Å². The van der Waals surface area contributed by atoms with Gasteiger partial charge in [-0.15, -0.1) is 0 Å². The molecule has 13 heavy (non-hydrogen) atoms. The van der Waals surface area contributed by atoms with Gasteiger partial charge in [-0.3, -0.25) is 0 Å². The summed E-state index contributed by atoms with van der Waals surface area (Å²) in [5.74, 6) is -2.85. The highest BCUT2D eigenvalue weighted by Gasteiger charge is 2.13. The van der Waals surface area contributed by atoms with Crippen LogP contribution in [-0.4, -0.2) is 0 Å². The van der Waals surface area contributed by atoms with Crippen LogP contribution in [0.4, 0.5) is 13.2 Å². The highest BCUT2D eigenvalue weighted by atomic mass is 19.2. The molecule has 0 aliphatic carbocycles. The Labute approximate surface area is 74.7 Å². The molecule has 1 aromatic rings. The number of allylic oxidation sites excluding steroid dienone is 1. The third kappa shape index (κ3) is 1.74. The van der Waals surface area contributed by atoms with Gasteiger partial charge >= 0.3 is 0 Å². The molecule has 0 aliphatic rings. The Balaban J connectivity index is 3.40. The summed E-state index contributed by atoms with van der Waals surface area (Å²) in [6, 6.07) is 0.845. The fourth-order valence-electron chi connectivity index (χ4n) is 1.06. The van der Waals surface area contributed by atoms with Gasteiger partial charge in [0.25, 0.3) is 0 Å². The maximum Gasteiger partial charge on any atom is 0.164 e. The van der Waals surface area contributed by atoms with Crippen molar-refractivity contribution in [2.75, 3.05) is 0 Å². The van der Waals surface area contributed by atoms with E-state index >= 15 is 0 Å². The van der Waals surface area contributed by atoms with Gasteiger partial charge in [0.05, 0.1) is 0 Å². The molecule has 0 bridgehead atoms. The Morgan fingerprint density at radius 1 is 1.15 bits per heavy atom. The largest absolute Gasteiger partial charge is 0.206 e. The zero-order chi connectivity index (χ0) is 10.0. The molecule has 0 spiro atoms. The first kappa shape index (κ1) is 9.84. The third-order valence-electron chi connectivity index (χ3n) is 1.75. The van der Waals surface area contributed by atoms with Crippen molar-refractivity contribution in [1.29, 1.82) is 0 Å². The Morgan fingerprint density at radius 3 is 2.31 bits per heavy atom. The van der Waals surface area contributed by atoms with Gasteiger partial charge in [0.2, 0.25) is 0 Å². The van der Waals surface area contributed by atoms with Crippen LogP contribution >= 0.6 is 0 Å². The van der Waals surface area contributed by atoms with Crippen molar-refractivity contribution < 1.29 is 13.2 Å². The van der Waals surface area contributed by atoms with E-state index in [2.05, 4.69) is 0 Å². The molecule has 0 aromatic heterocycles. The first-order chi connectivity index (χ1) is 6.07. The van der Waals surface area contributed by atoms with E-state index in [9.17, 15) is 13.2 Å². The first-order valence-electron chi connectivity index (χ1n) is 3.84. The van der Waals surface area contributed by atoms with Gasteiger partial charge in [-0.1, -0.05) is 12.2 Å². The smallest absolute Gasteiger partial charge is 0.164 e. The molecule has 0 amide bonds. The van der Waals surface area contributed by atoms with Crippen LogP contribution in [0.1, 0.15) is 18.1 Å². The van der Waals surface area contributed by atoms with Crippen molar-refractivity contribution in [2.45, 2.75) is 13.8 Å². The lowest BCUT2D eigenvalue weighted by Gasteiger charge is -2.03. The standard InChI is InChI=1S/C10H9F3/c1-3-4-7-5-8(11)10(13)6(2)9(7)12/h3-5H,1-2H3/b4-3+. The Hall–Kier alpha value is -1.25. The number of halogens is 3. The minimum absolute atomic E-state index is 0.0684. The lowest BCUT2D eigenvalue weighted by molar-refractivity contribution is 0.485. The van der Waals surface area contributed by atoms with E-state index in [4.69, 9.17) is 0 Å². The monoisotopic (exact) mass is 186 g/mol. The maximum atomic E-state index is 13.2. The van der Waals surface area contributed by atoms with Gasteiger partial charge in [-0.25, -0.2) is 13.2 Å². The second-order valence-corrected chi connectivity index (χ2v) is 2.70. The number of hydrogen-bond acceptors (Lipinski definition) is 0. The van der Waals surface area contributed by atoms with E-state index in [-0.39, 0.29) is 11.1 Å². The predicted molar refractivity (Wildman–Crippen MR) is 45.8 cm³/mol. The van der Waals surface area contributed by atoms with Gasteiger partial charge in [0.1, 0.15) is 5.82 Å². The van der Waals surface area contributed by atoms with Crippen LogP contribution < -0.4 is 0 Å². The van der Waals surface area contributed by atoms with Crippen molar-refractivity contribution in [3.05, 3.63) is 40.7 Å². The highest BCUT2D eigenvalue weighted by Crippen LogP contribution is 2.20. The topological polar surface area (TPSA) is 0 Å². The van der Waals surface area contributed by atoms with Crippen LogP contribution in [0.3, 0.4) is 0 Å². The van der Waals surface area contributed by atoms with Gasteiger partial charge in [0, 0.05) is 11.1 Å². The molecule has 0 saturated carbocycles. The molecule has 1 aromatic carbocycles. The van der Waals surface area contributed by atoms with Crippen molar-refractivity contribution in [3.63, 3.8) is 0 Å². The second-order valence-electron chi connectivity index (χ2n) is 2.70. The summed E-state index contributed by atoms with van der Waals surface area (Å²) in [7, 11) is 0. The average Bonchev–Trinajstić information content (AvgIpc) is 2.11. The molecule has 0 saturated heterocycles. The fraction of sp³-hybridized carbons (Fsp3) is 0.200. The molecule has 3 heteroatoms. The Morgan fingerprint density at radius 2 is 1.77 bits per heavy atom. The highest BCUT2D eigenvalue weighted by molar-refractivity contribution is 5.51. The number of hydrogen-bond donors (Lipinski definition) is 0. The van der Waals surface area contributed by atoms with Crippen molar-refractivity contribution >= 4 is 6.08 Å². The number of benzene rings is 1. The minimum atomic E-state index is -1.12. The fourth-order valence-corrected chi connectivity index (χ4v) is 1.06. The quantitative estimate of drug-likeness (QED) is 0.589. The molecule has 0 N–H and O–H groups in total. The Bertz CT molecular complexity index is 354. The van der Waals surface area contributed by atoms with Crippen LogP contribution in [0, 0.1) is 24.4 Å². The summed E-state index contributed by atoms with van der Waals surface area (Å²) in [6.45, 7) is 2.89. The molecular weight excluding hydrogens is 177 g/mol. The molecule has 0 atom stereocenters. The van der Waals surface area contributed by atoms with Gasteiger partial charge < -0.3 is 0 Å². The lowest BCUT2D eigenvalue weighted by atomic mass is 10.1. The first-order valence-corrected chi connectivity index (χ1v) is 3.84. The molecule has 0 fully saturated rings. The molecule has 0 nitrogen and oxygen atoms in total. The van der Waals surface area contributed by atoms with E-state index in [1.54, 1.807) is 13.0 Å². The SMILES string of the molecule is C/C=C/c1cc(F)c(F)c(C)c1F. The molecule has 0 unspecified atom stereocenters. The Kier molecular flexibility index (Phi) is 2.76. The van der Waals surface area contributed by atoms with Crippen LogP contribution in [0.15, 0.2) is 12.1 Å². The summed E-state index contributed by atoms with van der Waals surface area (Å²) in [4.78, 5) is 0. The van der Waals surface area contributed by atoms with Crippen LogP contribution in [0.5, 0.6) is 0 Å². The van der Waals surface area contributed by atoms with Crippen LogP contribution in [0.25, 0.3) is 6.08 Å². The average molecular weight is 186 g/mol. The summed E-state index contributed by atoms with van der Waals surface area (Å²) < 4.78 is 38.7. The molecule has 70 valence electrons. The second kappa shape index (κ2) is 3.64. The summed E-state index contributed by atoms with van der Waals surface area (Å²) in [5.41, 5.74) is -0.216.